The molecule has 32 heavy (non-hydrogen) atoms. The van der Waals surface area contributed by atoms with Gasteiger partial charge in [0.2, 0.25) is 0 Å². The molecule has 2 aromatic heterocycles. The maximum atomic E-state index is 11.3. The molecule has 1 atom stereocenters. The molecule has 0 amide bonds. The molecule has 0 saturated carbocycles. The van der Waals surface area contributed by atoms with Crippen molar-refractivity contribution in [3.8, 4) is 0 Å². The number of aliphatic hydroxyl groups excluding tert-OH is 1. The van der Waals surface area contributed by atoms with E-state index in [1.807, 2.05) is 6.92 Å². The Bertz CT molecular complexity index is 919. The van der Waals surface area contributed by atoms with Gasteiger partial charge in [0.05, 0.1) is 13.2 Å². The zero-order valence-electron chi connectivity index (χ0n) is 18.9. The van der Waals surface area contributed by atoms with Gasteiger partial charge < -0.3 is 14.6 Å². The molecule has 2 rings (SSSR count). The minimum atomic E-state index is -0.496. The zero-order valence-corrected chi connectivity index (χ0v) is 18.9. The predicted molar refractivity (Wildman–Crippen MR) is 119 cm³/mol. The highest BCUT2D eigenvalue weighted by atomic mass is 16.5. The zero-order chi connectivity index (χ0) is 23.9. The summed E-state index contributed by atoms with van der Waals surface area (Å²) in [7, 11) is 0. The Morgan fingerprint density at radius 3 is 1.53 bits per heavy atom. The Kier molecular flexibility index (Phi) is 12.9. The van der Waals surface area contributed by atoms with Crippen molar-refractivity contribution in [2.45, 2.75) is 53.5 Å². The summed E-state index contributed by atoms with van der Waals surface area (Å²) in [4.78, 5) is 48.4. The van der Waals surface area contributed by atoms with Crippen LogP contribution >= 0.6 is 0 Å². The van der Waals surface area contributed by atoms with E-state index in [4.69, 9.17) is 14.6 Å². The maximum absolute atomic E-state index is 11.3. The van der Waals surface area contributed by atoms with E-state index < -0.39 is 16.9 Å². The Hall–Kier alpha value is -2.76. The standard InChI is InChI=1S/C11H18N2O3.C10H16N2O4/c1-3-9(4-2)7-16-8-13-6-5-10(14)12-11(13)15;1-2-8(5-13)6-16-7-12-4-3-9(14)11-10(12)15/h5-6,9H,3-4,7-8H2,1-2H3,(H,12,14,15);3-4,8,13H,2,5-7H2,1H3,(H,11,14,15). The summed E-state index contributed by atoms with van der Waals surface area (Å²) in [5, 5.41) is 8.92. The Morgan fingerprint density at radius 2 is 1.19 bits per heavy atom. The molecule has 0 aromatic carbocycles. The predicted octanol–water partition coefficient (Wildman–Crippen LogP) is 0.476. The molecular formula is C21H34N4O7. The van der Waals surface area contributed by atoms with Gasteiger partial charge in [0, 0.05) is 37.1 Å². The molecule has 0 fully saturated rings. The molecule has 180 valence electrons. The van der Waals surface area contributed by atoms with Crippen LogP contribution in [0.25, 0.3) is 0 Å². The summed E-state index contributed by atoms with van der Waals surface area (Å²) in [6.07, 6.45) is 5.76. The van der Waals surface area contributed by atoms with E-state index in [0.717, 1.165) is 19.3 Å². The van der Waals surface area contributed by atoms with E-state index in [0.29, 0.717) is 19.1 Å². The van der Waals surface area contributed by atoms with Crippen LogP contribution in [0.4, 0.5) is 0 Å². The van der Waals surface area contributed by atoms with E-state index in [1.165, 1.54) is 33.7 Å². The highest BCUT2D eigenvalue weighted by Gasteiger charge is 2.05. The highest BCUT2D eigenvalue weighted by Crippen LogP contribution is 2.07. The van der Waals surface area contributed by atoms with E-state index in [-0.39, 0.29) is 31.5 Å². The van der Waals surface area contributed by atoms with Gasteiger partial charge in [0.15, 0.2) is 0 Å². The number of nitrogens with zero attached hydrogens (tertiary/aromatic N) is 2. The van der Waals surface area contributed by atoms with E-state index in [9.17, 15) is 19.2 Å². The Labute approximate surface area is 185 Å². The van der Waals surface area contributed by atoms with Gasteiger partial charge in [-0.15, -0.1) is 0 Å². The number of H-pyrrole nitrogens is 2. The normalized spacial score (nSPS) is 11.8. The van der Waals surface area contributed by atoms with Crippen LogP contribution < -0.4 is 22.5 Å². The molecule has 1 unspecified atom stereocenters. The third-order valence-electron chi connectivity index (χ3n) is 4.95. The SMILES string of the molecule is CCC(CC)COCn1ccc(=O)[nH]c1=O.CCC(CO)COCn1ccc(=O)[nH]c1=O. The number of hydrogen-bond acceptors (Lipinski definition) is 7. The first-order valence-corrected chi connectivity index (χ1v) is 10.7. The monoisotopic (exact) mass is 454 g/mol. The number of aromatic nitrogens is 4. The highest BCUT2D eigenvalue weighted by molar-refractivity contribution is 4.82. The molecule has 2 aromatic rings. The van der Waals surface area contributed by atoms with Gasteiger partial charge in [-0.25, -0.2) is 9.59 Å². The lowest BCUT2D eigenvalue weighted by Crippen LogP contribution is -2.29. The lowest BCUT2D eigenvalue weighted by atomic mass is 10.1. The molecule has 0 radical (unpaired) electrons. The van der Waals surface area contributed by atoms with Crippen LogP contribution in [0.1, 0.15) is 40.0 Å². The van der Waals surface area contributed by atoms with Gasteiger partial charge in [-0.1, -0.05) is 33.6 Å². The molecule has 11 nitrogen and oxygen atoms in total. The van der Waals surface area contributed by atoms with E-state index in [2.05, 4.69) is 23.8 Å². The summed E-state index contributed by atoms with van der Waals surface area (Å²) < 4.78 is 13.3. The number of nitrogens with one attached hydrogen (secondary N) is 2. The molecule has 2 heterocycles. The minimum absolute atomic E-state index is 0.0665. The largest absolute Gasteiger partial charge is 0.396 e. The number of ether oxygens (including phenoxy) is 2. The Morgan fingerprint density at radius 1 is 0.781 bits per heavy atom. The van der Waals surface area contributed by atoms with Gasteiger partial charge >= 0.3 is 11.4 Å². The summed E-state index contributed by atoms with van der Waals surface area (Å²) in [6, 6.07) is 2.57. The Balaban J connectivity index is 0.000000320. The van der Waals surface area contributed by atoms with Crippen LogP contribution in [-0.2, 0) is 22.9 Å². The van der Waals surface area contributed by atoms with Gasteiger partial charge in [-0.2, -0.15) is 0 Å². The molecule has 0 spiro atoms. The summed E-state index contributed by atoms with van der Waals surface area (Å²) in [5.41, 5.74) is -1.74. The molecule has 0 saturated heterocycles. The van der Waals surface area contributed by atoms with Gasteiger partial charge in [0.1, 0.15) is 13.5 Å². The van der Waals surface area contributed by atoms with Crippen molar-refractivity contribution < 1.29 is 14.6 Å². The molecule has 0 aliphatic rings. The maximum Gasteiger partial charge on any atom is 0.330 e. The van der Waals surface area contributed by atoms with Crippen molar-refractivity contribution in [3.05, 3.63) is 66.2 Å². The first-order chi connectivity index (χ1) is 15.3. The number of rotatable bonds is 12. The van der Waals surface area contributed by atoms with Crippen LogP contribution in [0.3, 0.4) is 0 Å². The van der Waals surface area contributed by atoms with Crippen LogP contribution in [0.15, 0.2) is 43.7 Å². The third kappa shape index (κ3) is 10.0. The molecule has 0 bridgehead atoms. The first kappa shape index (κ1) is 27.3. The number of aliphatic hydroxyl groups is 1. The third-order valence-corrected chi connectivity index (χ3v) is 4.95. The van der Waals surface area contributed by atoms with Gasteiger partial charge in [0.25, 0.3) is 11.1 Å². The summed E-state index contributed by atoms with van der Waals surface area (Å²) >= 11 is 0. The second kappa shape index (κ2) is 15.1. The van der Waals surface area contributed by atoms with Crippen LogP contribution in [0.5, 0.6) is 0 Å². The van der Waals surface area contributed by atoms with Crippen molar-refractivity contribution >= 4 is 0 Å². The van der Waals surface area contributed by atoms with E-state index in [1.54, 1.807) is 0 Å². The molecule has 0 aliphatic carbocycles. The van der Waals surface area contributed by atoms with Gasteiger partial charge in [-0.05, 0) is 12.3 Å². The van der Waals surface area contributed by atoms with Crippen LogP contribution in [0, 0.1) is 11.8 Å². The van der Waals surface area contributed by atoms with Crippen molar-refractivity contribution in [1.82, 2.24) is 19.1 Å². The van der Waals surface area contributed by atoms with Crippen molar-refractivity contribution in [3.63, 3.8) is 0 Å². The van der Waals surface area contributed by atoms with Crippen LogP contribution in [0.2, 0.25) is 0 Å². The number of aromatic amines is 2. The van der Waals surface area contributed by atoms with Crippen molar-refractivity contribution in [2.75, 3.05) is 19.8 Å². The fraction of sp³-hybridized carbons (Fsp3) is 0.619. The number of hydrogen-bond donors (Lipinski definition) is 3. The molecule has 11 heteroatoms. The van der Waals surface area contributed by atoms with E-state index >= 15 is 0 Å². The molecular weight excluding hydrogens is 420 g/mol. The first-order valence-electron chi connectivity index (χ1n) is 10.7. The topological polar surface area (TPSA) is 148 Å². The fourth-order valence-corrected chi connectivity index (χ4v) is 2.55. The average Bonchev–Trinajstić information content (AvgIpc) is 2.77. The quantitative estimate of drug-likeness (QED) is 0.422. The van der Waals surface area contributed by atoms with Gasteiger partial charge in [-0.3, -0.25) is 28.7 Å². The minimum Gasteiger partial charge on any atom is -0.396 e. The lowest BCUT2D eigenvalue weighted by molar-refractivity contribution is 0.0296. The average molecular weight is 455 g/mol. The second-order valence-electron chi connectivity index (χ2n) is 7.30. The summed E-state index contributed by atoms with van der Waals surface area (Å²) in [6.45, 7) is 7.54. The lowest BCUT2D eigenvalue weighted by Gasteiger charge is -2.13. The smallest absolute Gasteiger partial charge is 0.330 e. The van der Waals surface area contributed by atoms with Crippen LogP contribution in [-0.4, -0.2) is 44.0 Å². The fourth-order valence-electron chi connectivity index (χ4n) is 2.55. The molecule has 3 N–H and O–H groups in total. The summed E-state index contributed by atoms with van der Waals surface area (Å²) in [5.74, 6) is 0.608. The van der Waals surface area contributed by atoms with Crippen molar-refractivity contribution in [1.29, 1.82) is 0 Å². The van der Waals surface area contributed by atoms with Crippen molar-refractivity contribution in [2.24, 2.45) is 11.8 Å². The second-order valence-corrected chi connectivity index (χ2v) is 7.30. The molecule has 0 aliphatic heterocycles.